The van der Waals surface area contributed by atoms with Crippen LogP contribution in [0, 0.1) is 0 Å². The van der Waals surface area contributed by atoms with E-state index < -0.39 is 12.0 Å². The fraction of sp³-hybridized carbons (Fsp3) is 0.222. The van der Waals surface area contributed by atoms with Gasteiger partial charge in [0, 0.05) is 34.6 Å². The molecule has 8 heteroatoms. The molecule has 1 amide bonds. The molecule has 0 atom stereocenters. The first kappa shape index (κ1) is 22.9. The predicted molar refractivity (Wildman–Crippen MR) is 133 cm³/mol. The molecule has 4 aromatic rings. The molecule has 0 saturated carbocycles. The van der Waals surface area contributed by atoms with Crippen LogP contribution in [0.1, 0.15) is 41.8 Å². The van der Waals surface area contributed by atoms with Crippen molar-refractivity contribution in [3.05, 3.63) is 94.1 Å². The Balaban J connectivity index is 1.50. The standard InChI is InChI=1S/C27H26N2O5S/c1-18(2)29(27(32)20-11-9-19(10-12-20)23-8-5-13-33-23)15-21-6-3-4-7-24(21)34-16-22-17-35-25(28-22)14-26(30)31/h3-13,17-18H,14-16H2,1-2H3,(H,30,31)/i18D. The summed E-state index contributed by atoms with van der Waals surface area (Å²) in [5.41, 5.74) is 2.72. The van der Waals surface area contributed by atoms with Crippen LogP contribution in [0.15, 0.2) is 76.7 Å². The van der Waals surface area contributed by atoms with Crippen molar-refractivity contribution >= 4 is 23.2 Å². The maximum Gasteiger partial charge on any atom is 0.310 e. The van der Waals surface area contributed by atoms with Crippen LogP contribution in [-0.4, -0.2) is 32.9 Å². The number of hydrogen-bond acceptors (Lipinski definition) is 6. The molecule has 1 N–H and O–H groups in total. The quantitative estimate of drug-likeness (QED) is 0.308. The van der Waals surface area contributed by atoms with Crippen LogP contribution < -0.4 is 4.74 Å². The Kier molecular flexibility index (Phi) is 7.19. The Morgan fingerprint density at radius 1 is 1.14 bits per heavy atom. The maximum absolute atomic E-state index is 13.5. The number of carboxylic acid groups (broad SMARTS) is 1. The molecule has 2 aromatic heterocycles. The number of thiazole rings is 1. The summed E-state index contributed by atoms with van der Waals surface area (Å²) in [6, 6.07) is 16.9. The first-order chi connectivity index (χ1) is 17.2. The highest BCUT2D eigenvalue weighted by atomic mass is 32.1. The Labute approximate surface area is 209 Å². The fourth-order valence-electron chi connectivity index (χ4n) is 3.53. The lowest BCUT2D eigenvalue weighted by molar-refractivity contribution is -0.136. The van der Waals surface area contributed by atoms with Crippen molar-refractivity contribution in [1.82, 2.24) is 9.88 Å². The molecular formula is C27H26N2O5S. The van der Waals surface area contributed by atoms with Gasteiger partial charge in [-0.15, -0.1) is 11.3 Å². The number of furan rings is 1. The van der Waals surface area contributed by atoms with E-state index in [2.05, 4.69) is 4.98 Å². The summed E-state index contributed by atoms with van der Waals surface area (Å²) in [7, 11) is 0. The van der Waals surface area contributed by atoms with Crippen LogP contribution in [0.25, 0.3) is 11.3 Å². The second-order valence-corrected chi connectivity index (χ2v) is 9.04. The van der Waals surface area contributed by atoms with Gasteiger partial charge in [-0.2, -0.15) is 0 Å². The zero-order valence-electron chi connectivity index (χ0n) is 20.4. The van der Waals surface area contributed by atoms with Gasteiger partial charge in [0.2, 0.25) is 0 Å². The van der Waals surface area contributed by atoms with Crippen LogP contribution in [0.4, 0.5) is 0 Å². The third-order valence-corrected chi connectivity index (χ3v) is 6.20. The molecule has 2 heterocycles. The van der Waals surface area contributed by atoms with E-state index >= 15 is 0 Å². The second-order valence-electron chi connectivity index (χ2n) is 8.09. The highest BCUT2D eigenvalue weighted by molar-refractivity contribution is 7.09. The van der Waals surface area contributed by atoms with Gasteiger partial charge in [0.05, 0.1) is 19.7 Å². The Bertz CT molecular complexity index is 1330. The lowest BCUT2D eigenvalue weighted by Crippen LogP contribution is -2.36. The molecule has 0 saturated heterocycles. The SMILES string of the molecule is [2H]C(C)(C)N(Cc1ccccc1OCc1csc(CC(=O)O)n1)C(=O)c1ccc(-c2ccco2)cc1. The highest BCUT2D eigenvalue weighted by Crippen LogP contribution is 2.25. The summed E-state index contributed by atoms with van der Waals surface area (Å²) in [5.74, 6) is 0.0857. The van der Waals surface area contributed by atoms with E-state index in [1.165, 1.54) is 16.2 Å². The smallest absolute Gasteiger partial charge is 0.310 e. The average molecular weight is 492 g/mol. The number of nitrogens with zero attached hydrogens (tertiary/aromatic N) is 2. The first-order valence-electron chi connectivity index (χ1n) is 11.5. The van der Waals surface area contributed by atoms with Crippen molar-refractivity contribution < 1.29 is 25.2 Å². The number of para-hydroxylation sites is 1. The normalized spacial score (nSPS) is 11.7. The number of aromatic nitrogens is 1. The molecule has 4 rings (SSSR count). The molecule has 0 radical (unpaired) electrons. The Morgan fingerprint density at radius 2 is 1.91 bits per heavy atom. The lowest BCUT2D eigenvalue weighted by Gasteiger charge is -2.28. The first-order valence-corrected chi connectivity index (χ1v) is 11.9. The number of rotatable bonds is 10. The van der Waals surface area contributed by atoms with Crippen LogP contribution in [-0.2, 0) is 24.4 Å². The molecule has 7 nitrogen and oxygen atoms in total. The monoisotopic (exact) mass is 491 g/mol. The number of hydrogen-bond donors (Lipinski definition) is 1. The molecular weight excluding hydrogens is 464 g/mol. The van der Waals surface area contributed by atoms with E-state index in [9.17, 15) is 9.59 Å². The van der Waals surface area contributed by atoms with Crippen molar-refractivity contribution in [2.45, 2.75) is 39.4 Å². The van der Waals surface area contributed by atoms with Gasteiger partial charge in [0.1, 0.15) is 23.1 Å². The van der Waals surface area contributed by atoms with E-state index in [0.29, 0.717) is 27.8 Å². The summed E-state index contributed by atoms with van der Waals surface area (Å²) in [6.07, 6.45) is 1.47. The number of carbonyl (C=O) groups is 2. The molecule has 2 aromatic carbocycles. The van der Waals surface area contributed by atoms with Crippen molar-refractivity contribution in [3.8, 4) is 17.1 Å². The number of amides is 1. The van der Waals surface area contributed by atoms with Crippen LogP contribution in [0.2, 0.25) is 0 Å². The zero-order valence-corrected chi connectivity index (χ0v) is 20.2. The van der Waals surface area contributed by atoms with E-state index in [1.54, 1.807) is 43.7 Å². The molecule has 0 aliphatic heterocycles. The van der Waals surface area contributed by atoms with Gasteiger partial charge in [-0.25, -0.2) is 4.98 Å². The lowest BCUT2D eigenvalue weighted by atomic mass is 10.1. The number of benzene rings is 2. The summed E-state index contributed by atoms with van der Waals surface area (Å²) in [6.45, 7) is 3.68. The highest BCUT2D eigenvalue weighted by Gasteiger charge is 2.21. The van der Waals surface area contributed by atoms with E-state index in [-0.39, 0.29) is 25.5 Å². The molecule has 180 valence electrons. The number of carbonyl (C=O) groups excluding carboxylic acids is 1. The third-order valence-electron chi connectivity index (χ3n) is 5.30. The van der Waals surface area contributed by atoms with E-state index in [4.69, 9.17) is 15.6 Å². The van der Waals surface area contributed by atoms with Gasteiger partial charge >= 0.3 is 5.97 Å². The van der Waals surface area contributed by atoms with Crippen LogP contribution in [0.3, 0.4) is 0 Å². The zero-order chi connectivity index (χ0) is 25.7. The fourth-order valence-corrected chi connectivity index (χ4v) is 4.30. The van der Waals surface area contributed by atoms with Gasteiger partial charge in [0.15, 0.2) is 0 Å². The van der Waals surface area contributed by atoms with Crippen molar-refractivity contribution in [2.24, 2.45) is 0 Å². The van der Waals surface area contributed by atoms with E-state index in [1.807, 2.05) is 42.5 Å². The van der Waals surface area contributed by atoms with Crippen LogP contribution >= 0.6 is 11.3 Å². The molecule has 35 heavy (non-hydrogen) atoms. The minimum absolute atomic E-state index is 0.126. The summed E-state index contributed by atoms with van der Waals surface area (Å²) in [4.78, 5) is 30.1. The van der Waals surface area contributed by atoms with Crippen LogP contribution in [0.5, 0.6) is 5.75 Å². The largest absolute Gasteiger partial charge is 0.487 e. The average Bonchev–Trinajstić information content (AvgIpc) is 3.53. The molecule has 0 fully saturated rings. The van der Waals surface area contributed by atoms with E-state index in [0.717, 1.165) is 11.1 Å². The predicted octanol–water partition coefficient (Wildman–Crippen LogP) is 5.66. The molecule has 0 spiro atoms. The Hall–Kier alpha value is -3.91. The minimum Gasteiger partial charge on any atom is -0.487 e. The van der Waals surface area contributed by atoms with Gasteiger partial charge in [-0.3, -0.25) is 9.59 Å². The summed E-state index contributed by atoms with van der Waals surface area (Å²) < 4.78 is 20.0. The van der Waals surface area contributed by atoms with Gasteiger partial charge in [-0.05, 0) is 44.2 Å². The van der Waals surface area contributed by atoms with Gasteiger partial charge in [0.25, 0.3) is 5.91 Å². The van der Waals surface area contributed by atoms with Crippen molar-refractivity contribution in [2.75, 3.05) is 0 Å². The van der Waals surface area contributed by atoms with Gasteiger partial charge in [-0.1, -0.05) is 30.3 Å². The maximum atomic E-state index is 13.5. The second kappa shape index (κ2) is 11.0. The Morgan fingerprint density at radius 3 is 2.60 bits per heavy atom. The third kappa shape index (κ3) is 6.16. The number of carboxylic acids is 1. The molecule has 0 aliphatic rings. The minimum atomic E-state index is -1.19. The summed E-state index contributed by atoms with van der Waals surface area (Å²) >= 11 is 1.28. The molecule has 0 unspecified atom stereocenters. The van der Waals surface area contributed by atoms with Gasteiger partial charge < -0.3 is 19.2 Å². The topological polar surface area (TPSA) is 92.9 Å². The summed E-state index contributed by atoms with van der Waals surface area (Å²) in [5, 5.41) is 11.2. The number of ether oxygens (including phenoxy) is 1. The number of aliphatic carboxylic acids is 1. The van der Waals surface area contributed by atoms with Crippen molar-refractivity contribution in [1.29, 1.82) is 0 Å². The van der Waals surface area contributed by atoms with Crippen molar-refractivity contribution in [3.63, 3.8) is 0 Å². The molecule has 0 aliphatic carbocycles. The molecule has 0 bridgehead atoms.